The van der Waals surface area contributed by atoms with E-state index in [4.69, 9.17) is 9.47 Å². The van der Waals surface area contributed by atoms with Gasteiger partial charge in [0.05, 0.1) is 10.6 Å². The summed E-state index contributed by atoms with van der Waals surface area (Å²) in [4.78, 5) is 14.6. The minimum atomic E-state index is -3.66. The predicted molar refractivity (Wildman–Crippen MR) is 123 cm³/mol. The maximum absolute atomic E-state index is 12.6. The van der Waals surface area contributed by atoms with E-state index in [0.717, 1.165) is 9.79 Å². The molecule has 0 spiro atoms. The molecular weight excluding hydrogens is 448 g/mol. The summed E-state index contributed by atoms with van der Waals surface area (Å²) in [6.07, 6.45) is -0.0179. The molecule has 0 aromatic heterocycles. The van der Waals surface area contributed by atoms with Crippen LogP contribution in [0.3, 0.4) is 0 Å². The average Bonchev–Trinajstić information content (AvgIpc) is 2.80. The summed E-state index contributed by atoms with van der Waals surface area (Å²) >= 11 is 1.49. The van der Waals surface area contributed by atoms with Gasteiger partial charge in [0.25, 0.3) is 0 Å². The highest BCUT2D eigenvalue weighted by Crippen LogP contribution is 2.42. The molecular formula is C23H22N2O5S2. The van der Waals surface area contributed by atoms with Crippen LogP contribution in [0.2, 0.25) is 0 Å². The smallest absolute Gasteiger partial charge is 0.240 e. The Bertz CT molecular complexity index is 1190. The van der Waals surface area contributed by atoms with E-state index in [1.807, 2.05) is 36.4 Å². The van der Waals surface area contributed by atoms with Crippen molar-refractivity contribution >= 4 is 33.4 Å². The van der Waals surface area contributed by atoms with E-state index >= 15 is 0 Å². The average molecular weight is 471 g/mol. The fraction of sp³-hybridized carbons (Fsp3) is 0.174. The van der Waals surface area contributed by atoms with E-state index in [1.54, 1.807) is 24.3 Å². The molecule has 0 fully saturated rings. The lowest BCUT2D eigenvalue weighted by Crippen LogP contribution is -2.28. The van der Waals surface area contributed by atoms with Crippen molar-refractivity contribution in [2.24, 2.45) is 0 Å². The van der Waals surface area contributed by atoms with Gasteiger partial charge in [-0.25, -0.2) is 13.1 Å². The summed E-state index contributed by atoms with van der Waals surface area (Å²) in [7, 11) is -3.66. The number of hydrogen-bond acceptors (Lipinski definition) is 6. The minimum Gasteiger partial charge on any atom is -0.486 e. The Labute approximate surface area is 191 Å². The van der Waals surface area contributed by atoms with Crippen molar-refractivity contribution in [3.63, 3.8) is 0 Å². The van der Waals surface area contributed by atoms with Gasteiger partial charge in [-0.3, -0.25) is 4.79 Å². The molecule has 0 radical (unpaired) electrons. The number of anilines is 1. The number of sulfonamides is 1. The van der Waals surface area contributed by atoms with E-state index in [9.17, 15) is 13.2 Å². The van der Waals surface area contributed by atoms with Crippen LogP contribution in [0, 0.1) is 0 Å². The first-order valence-electron chi connectivity index (χ1n) is 10.0. The Morgan fingerprint density at radius 3 is 2.22 bits per heavy atom. The SMILES string of the molecule is O=C(CCNS(=O)(=O)c1ccccc1)Nc1cc2c(cc1Sc1ccccc1)OCCO2. The molecule has 3 aromatic rings. The number of benzene rings is 3. The number of amides is 1. The highest BCUT2D eigenvalue weighted by molar-refractivity contribution is 7.99. The van der Waals surface area contributed by atoms with Crippen molar-refractivity contribution in [2.75, 3.05) is 25.1 Å². The van der Waals surface area contributed by atoms with Crippen LogP contribution in [-0.2, 0) is 14.8 Å². The van der Waals surface area contributed by atoms with E-state index in [0.29, 0.717) is 30.4 Å². The predicted octanol–water partition coefficient (Wildman–Crippen LogP) is 3.92. The van der Waals surface area contributed by atoms with Crippen molar-refractivity contribution in [2.45, 2.75) is 21.1 Å². The molecule has 7 nitrogen and oxygen atoms in total. The Kier molecular flexibility index (Phi) is 6.99. The number of rotatable bonds is 8. The van der Waals surface area contributed by atoms with Crippen LogP contribution in [0.4, 0.5) is 5.69 Å². The Hall–Kier alpha value is -3.01. The number of ether oxygens (including phenoxy) is 2. The molecule has 2 N–H and O–H groups in total. The summed E-state index contributed by atoms with van der Waals surface area (Å²) in [5.41, 5.74) is 0.582. The molecule has 1 aliphatic heterocycles. The fourth-order valence-electron chi connectivity index (χ4n) is 3.06. The van der Waals surface area contributed by atoms with E-state index in [-0.39, 0.29) is 23.8 Å². The quantitative estimate of drug-likeness (QED) is 0.518. The summed E-state index contributed by atoms with van der Waals surface area (Å²) < 4.78 is 38.4. The lowest BCUT2D eigenvalue weighted by molar-refractivity contribution is -0.116. The van der Waals surface area contributed by atoms with Gasteiger partial charge in [-0.2, -0.15) is 0 Å². The van der Waals surface area contributed by atoms with Crippen LogP contribution >= 0.6 is 11.8 Å². The molecule has 32 heavy (non-hydrogen) atoms. The van der Waals surface area contributed by atoms with Gasteiger partial charge in [0.1, 0.15) is 13.2 Å². The van der Waals surface area contributed by atoms with Gasteiger partial charge in [0.2, 0.25) is 15.9 Å². The molecule has 0 aliphatic carbocycles. The summed E-state index contributed by atoms with van der Waals surface area (Å²) in [6.45, 7) is 0.886. The number of fused-ring (bicyclic) bond motifs is 1. The third kappa shape index (κ3) is 5.61. The zero-order chi connectivity index (χ0) is 22.4. The zero-order valence-corrected chi connectivity index (χ0v) is 18.7. The molecule has 9 heteroatoms. The minimum absolute atomic E-state index is 0.0179. The second-order valence-electron chi connectivity index (χ2n) is 6.92. The number of hydrogen-bond donors (Lipinski definition) is 2. The van der Waals surface area contributed by atoms with E-state index in [2.05, 4.69) is 10.0 Å². The topological polar surface area (TPSA) is 93.7 Å². The van der Waals surface area contributed by atoms with Crippen LogP contribution in [-0.4, -0.2) is 34.1 Å². The lowest BCUT2D eigenvalue weighted by Gasteiger charge is -2.21. The first kappa shape index (κ1) is 22.2. The summed E-state index contributed by atoms with van der Waals surface area (Å²) in [5.74, 6) is 0.879. The molecule has 1 heterocycles. The van der Waals surface area contributed by atoms with Crippen molar-refractivity contribution < 1.29 is 22.7 Å². The highest BCUT2D eigenvalue weighted by atomic mass is 32.2. The molecule has 0 saturated carbocycles. The Balaban J connectivity index is 1.44. The third-order valence-corrected chi connectivity index (χ3v) is 7.13. The largest absolute Gasteiger partial charge is 0.486 e. The van der Waals surface area contributed by atoms with Crippen molar-refractivity contribution in [1.29, 1.82) is 0 Å². The Morgan fingerprint density at radius 2 is 1.53 bits per heavy atom. The molecule has 0 saturated heterocycles. The molecule has 0 unspecified atom stereocenters. The van der Waals surface area contributed by atoms with Crippen LogP contribution in [0.5, 0.6) is 11.5 Å². The molecule has 3 aromatic carbocycles. The van der Waals surface area contributed by atoms with Crippen molar-refractivity contribution in [3.05, 3.63) is 72.8 Å². The second-order valence-corrected chi connectivity index (χ2v) is 9.80. The third-order valence-electron chi connectivity index (χ3n) is 4.59. The first-order valence-corrected chi connectivity index (χ1v) is 12.3. The molecule has 1 amide bonds. The van der Waals surface area contributed by atoms with Gasteiger partial charge in [0, 0.05) is 34.9 Å². The number of nitrogens with one attached hydrogen (secondary N) is 2. The van der Waals surface area contributed by atoms with Crippen LogP contribution in [0.15, 0.2) is 87.5 Å². The molecule has 0 bridgehead atoms. The molecule has 166 valence electrons. The summed E-state index contributed by atoms with van der Waals surface area (Å²) in [6, 6.07) is 21.4. The maximum Gasteiger partial charge on any atom is 0.240 e. The van der Waals surface area contributed by atoms with Gasteiger partial charge < -0.3 is 14.8 Å². The molecule has 0 atom stereocenters. The monoisotopic (exact) mass is 470 g/mol. The van der Waals surface area contributed by atoms with Gasteiger partial charge in [-0.1, -0.05) is 48.2 Å². The van der Waals surface area contributed by atoms with Gasteiger partial charge in [0.15, 0.2) is 11.5 Å². The van der Waals surface area contributed by atoms with Crippen LogP contribution in [0.25, 0.3) is 0 Å². The number of carbonyl (C=O) groups is 1. The first-order chi connectivity index (χ1) is 15.5. The lowest BCUT2D eigenvalue weighted by atomic mass is 10.2. The van der Waals surface area contributed by atoms with E-state index in [1.165, 1.54) is 23.9 Å². The van der Waals surface area contributed by atoms with E-state index < -0.39 is 10.0 Å². The van der Waals surface area contributed by atoms with Gasteiger partial charge in [-0.05, 0) is 24.3 Å². The van der Waals surface area contributed by atoms with Gasteiger partial charge >= 0.3 is 0 Å². The van der Waals surface area contributed by atoms with Gasteiger partial charge in [-0.15, -0.1) is 0 Å². The molecule has 4 rings (SSSR count). The fourth-order valence-corrected chi connectivity index (χ4v) is 5.05. The normalized spacial score (nSPS) is 12.9. The molecule has 1 aliphatic rings. The Morgan fingerprint density at radius 1 is 0.906 bits per heavy atom. The summed E-state index contributed by atoms with van der Waals surface area (Å²) in [5, 5.41) is 2.88. The maximum atomic E-state index is 12.6. The second kappa shape index (κ2) is 10.1. The standard InChI is InChI=1S/C23H22N2O5S2/c26-23(11-12-24-32(27,28)18-9-5-2-6-10-18)25-19-15-20-21(30-14-13-29-20)16-22(19)31-17-7-3-1-4-8-17/h1-10,15-16,24H,11-14H2,(H,25,26). The zero-order valence-electron chi connectivity index (χ0n) is 17.1. The van der Waals surface area contributed by atoms with Crippen molar-refractivity contribution in [3.8, 4) is 11.5 Å². The highest BCUT2D eigenvalue weighted by Gasteiger charge is 2.19. The van der Waals surface area contributed by atoms with Crippen LogP contribution in [0.1, 0.15) is 6.42 Å². The van der Waals surface area contributed by atoms with Crippen molar-refractivity contribution in [1.82, 2.24) is 4.72 Å². The van der Waals surface area contributed by atoms with Crippen LogP contribution < -0.4 is 19.5 Å². The number of carbonyl (C=O) groups excluding carboxylic acids is 1.